The van der Waals surface area contributed by atoms with Crippen molar-refractivity contribution in [1.82, 2.24) is 4.98 Å². The van der Waals surface area contributed by atoms with E-state index in [1.807, 2.05) is 12.1 Å². The van der Waals surface area contributed by atoms with Gasteiger partial charge in [0, 0.05) is 15.4 Å². The third-order valence-electron chi connectivity index (χ3n) is 2.67. The second kappa shape index (κ2) is 5.29. The molecule has 0 saturated carbocycles. The van der Waals surface area contributed by atoms with E-state index in [1.54, 1.807) is 11.3 Å². The second-order valence-electron chi connectivity index (χ2n) is 4.35. The Hall–Kier alpha value is -0.710. The molecule has 17 heavy (non-hydrogen) atoms. The van der Waals surface area contributed by atoms with Crippen LogP contribution in [0, 0.1) is 5.92 Å². The topological polar surface area (TPSA) is 38.9 Å². The van der Waals surface area contributed by atoms with Crippen molar-refractivity contribution in [1.29, 1.82) is 0 Å². The number of hydrogen-bond donors (Lipinski definition) is 1. The Morgan fingerprint density at radius 1 is 1.24 bits per heavy atom. The molecule has 0 spiro atoms. The van der Waals surface area contributed by atoms with Crippen LogP contribution in [0.2, 0.25) is 0 Å². The average molecular weight is 311 g/mol. The Kier molecular flexibility index (Phi) is 3.97. The molecule has 0 amide bonds. The summed E-state index contributed by atoms with van der Waals surface area (Å²) < 4.78 is 1.08. The summed E-state index contributed by atoms with van der Waals surface area (Å²) in [5.74, 6) is 0.416. The maximum atomic E-state index is 6.09. The smallest absolute Gasteiger partial charge is 0.110 e. The maximum Gasteiger partial charge on any atom is 0.110 e. The first kappa shape index (κ1) is 12.7. The highest BCUT2D eigenvalue weighted by atomic mass is 79.9. The SMILES string of the molecule is CC(C)C(N)c1nc(-c2ccc(Br)cc2)cs1. The monoisotopic (exact) mass is 310 g/mol. The molecule has 0 aliphatic carbocycles. The fourth-order valence-corrected chi connectivity index (χ4v) is 2.74. The second-order valence-corrected chi connectivity index (χ2v) is 6.15. The van der Waals surface area contributed by atoms with Crippen molar-refractivity contribution < 1.29 is 0 Å². The standard InChI is InChI=1S/C13H15BrN2S/c1-8(2)12(15)13-16-11(7-17-13)9-3-5-10(14)6-4-9/h3-8,12H,15H2,1-2H3. The molecule has 1 unspecified atom stereocenters. The van der Waals surface area contributed by atoms with Gasteiger partial charge in [-0.25, -0.2) is 4.98 Å². The highest BCUT2D eigenvalue weighted by Gasteiger charge is 2.14. The van der Waals surface area contributed by atoms with Gasteiger partial charge in [-0.05, 0) is 18.1 Å². The van der Waals surface area contributed by atoms with Gasteiger partial charge in [0.05, 0.1) is 11.7 Å². The van der Waals surface area contributed by atoms with Gasteiger partial charge in [-0.15, -0.1) is 11.3 Å². The van der Waals surface area contributed by atoms with Gasteiger partial charge in [-0.3, -0.25) is 0 Å². The number of nitrogens with zero attached hydrogens (tertiary/aromatic N) is 1. The quantitative estimate of drug-likeness (QED) is 0.921. The summed E-state index contributed by atoms with van der Waals surface area (Å²) in [6, 6.07) is 8.20. The van der Waals surface area contributed by atoms with E-state index in [0.29, 0.717) is 5.92 Å². The average Bonchev–Trinajstić information content (AvgIpc) is 2.78. The van der Waals surface area contributed by atoms with E-state index in [9.17, 15) is 0 Å². The normalized spacial score (nSPS) is 13.0. The molecule has 90 valence electrons. The predicted octanol–water partition coefficient (Wildman–Crippen LogP) is 4.23. The number of benzene rings is 1. The molecule has 0 bridgehead atoms. The molecule has 1 heterocycles. The van der Waals surface area contributed by atoms with Gasteiger partial charge in [0.15, 0.2) is 0 Å². The van der Waals surface area contributed by atoms with E-state index in [1.165, 1.54) is 0 Å². The predicted molar refractivity (Wildman–Crippen MR) is 77.0 cm³/mol. The van der Waals surface area contributed by atoms with Crippen LogP contribution in [0.1, 0.15) is 24.9 Å². The Morgan fingerprint density at radius 3 is 2.47 bits per heavy atom. The number of nitrogens with two attached hydrogens (primary N) is 1. The molecule has 1 aromatic heterocycles. The summed E-state index contributed by atoms with van der Waals surface area (Å²) in [5, 5.41) is 3.08. The van der Waals surface area contributed by atoms with E-state index in [4.69, 9.17) is 5.73 Å². The van der Waals surface area contributed by atoms with E-state index >= 15 is 0 Å². The van der Waals surface area contributed by atoms with Gasteiger partial charge >= 0.3 is 0 Å². The Balaban J connectivity index is 2.26. The van der Waals surface area contributed by atoms with Crippen LogP contribution in [-0.2, 0) is 0 Å². The summed E-state index contributed by atoms with van der Waals surface area (Å²) >= 11 is 5.06. The Labute approximate surface area is 114 Å². The molecule has 0 radical (unpaired) electrons. The molecule has 0 aliphatic rings. The fraction of sp³-hybridized carbons (Fsp3) is 0.308. The minimum Gasteiger partial charge on any atom is -0.322 e. The summed E-state index contributed by atoms with van der Waals surface area (Å²) in [6.07, 6.45) is 0. The number of aromatic nitrogens is 1. The minimum atomic E-state index is 0.0317. The van der Waals surface area contributed by atoms with Gasteiger partial charge in [0.2, 0.25) is 0 Å². The Bertz CT molecular complexity index is 490. The van der Waals surface area contributed by atoms with Crippen LogP contribution in [0.3, 0.4) is 0 Å². The van der Waals surface area contributed by atoms with E-state index in [2.05, 4.69) is 52.3 Å². The number of thiazole rings is 1. The van der Waals surface area contributed by atoms with Crippen LogP contribution in [0.25, 0.3) is 11.3 Å². The summed E-state index contributed by atoms with van der Waals surface area (Å²) in [5.41, 5.74) is 8.23. The first-order valence-electron chi connectivity index (χ1n) is 5.55. The van der Waals surface area contributed by atoms with E-state index in [-0.39, 0.29) is 6.04 Å². The summed E-state index contributed by atoms with van der Waals surface area (Å²) in [7, 11) is 0. The van der Waals surface area contributed by atoms with Crippen LogP contribution in [0.4, 0.5) is 0 Å². The lowest BCUT2D eigenvalue weighted by atomic mass is 10.1. The largest absolute Gasteiger partial charge is 0.322 e. The van der Waals surface area contributed by atoms with Gasteiger partial charge in [-0.1, -0.05) is 41.9 Å². The zero-order valence-corrected chi connectivity index (χ0v) is 12.3. The molecule has 1 aromatic carbocycles. The summed E-state index contributed by atoms with van der Waals surface area (Å²) in [4.78, 5) is 4.61. The van der Waals surface area contributed by atoms with Crippen molar-refractivity contribution >= 4 is 27.3 Å². The van der Waals surface area contributed by atoms with Crippen molar-refractivity contribution in [2.45, 2.75) is 19.9 Å². The zero-order valence-electron chi connectivity index (χ0n) is 9.85. The lowest BCUT2D eigenvalue weighted by Crippen LogP contribution is -2.16. The molecule has 1 atom stereocenters. The highest BCUT2D eigenvalue weighted by Crippen LogP contribution is 2.28. The third-order valence-corrected chi connectivity index (χ3v) is 4.14. The lowest BCUT2D eigenvalue weighted by molar-refractivity contribution is 0.512. The van der Waals surface area contributed by atoms with Gasteiger partial charge in [-0.2, -0.15) is 0 Å². The fourth-order valence-electron chi connectivity index (χ4n) is 1.48. The molecule has 0 saturated heterocycles. The van der Waals surface area contributed by atoms with Crippen LogP contribution in [0.15, 0.2) is 34.1 Å². The molecular formula is C13H15BrN2S. The van der Waals surface area contributed by atoms with Crippen molar-refractivity contribution in [3.63, 3.8) is 0 Å². The summed E-state index contributed by atoms with van der Waals surface area (Å²) in [6.45, 7) is 4.23. The molecule has 0 aliphatic heterocycles. The van der Waals surface area contributed by atoms with Crippen LogP contribution in [0.5, 0.6) is 0 Å². The van der Waals surface area contributed by atoms with Gasteiger partial charge in [0.25, 0.3) is 0 Å². The van der Waals surface area contributed by atoms with E-state index in [0.717, 1.165) is 20.7 Å². The zero-order chi connectivity index (χ0) is 12.4. The maximum absolute atomic E-state index is 6.09. The molecular weight excluding hydrogens is 296 g/mol. The van der Waals surface area contributed by atoms with E-state index < -0.39 is 0 Å². The number of hydrogen-bond acceptors (Lipinski definition) is 3. The van der Waals surface area contributed by atoms with Crippen LogP contribution < -0.4 is 5.73 Å². The molecule has 0 fully saturated rings. The number of rotatable bonds is 3. The molecule has 2 N–H and O–H groups in total. The van der Waals surface area contributed by atoms with Crippen molar-refractivity contribution in [2.75, 3.05) is 0 Å². The Morgan fingerprint density at radius 2 is 1.88 bits per heavy atom. The highest BCUT2D eigenvalue weighted by molar-refractivity contribution is 9.10. The number of halogens is 1. The lowest BCUT2D eigenvalue weighted by Gasteiger charge is -2.11. The van der Waals surface area contributed by atoms with Crippen molar-refractivity contribution in [3.05, 3.63) is 39.1 Å². The first-order valence-corrected chi connectivity index (χ1v) is 7.22. The molecule has 2 rings (SSSR count). The first-order chi connectivity index (χ1) is 8.08. The van der Waals surface area contributed by atoms with Crippen molar-refractivity contribution in [3.8, 4) is 11.3 Å². The minimum absolute atomic E-state index is 0.0317. The van der Waals surface area contributed by atoms with Crippen LogP contribution >= 0.6 is 27.3 Å². The van der Waals surface area contributed by atoms with Crippen molar-refractivity contribution in [2.24, 2.45) is 11.7 Å². The van der Waals surface area contributed by atoms with Gasteiger partial charge in [0.1, 0.15) is 5.01 Å². The van der Waals surface area contributed by atoms with Crippen LogP contribution in [-0.4, -0.2) is 4.98 Å². The molecule has 2 nitrogen and oxygen atoms in total. The molecule has 4 heteroatoms. The molecule has 2 aromatic rings. The third kappa shape index (κ3) is 2.94. The van der Waals surface area contributed by atoms with Gasteiger partial charge < -0.3 is 5.73 Å².